The first kappa shape index (κ1) is 12.8. The Kier molecular flexibility index (Phi) is 4.19. The Morgan fingerprint density at radius 2 is 1.69 bits per heavy atom. The third-order valence-electron chi connectivity index (χ3n) is 1.68. The molecule has 1 aromatic carbocycles. The fraction of sp³-hybridized carbons (Fsp3) is 0.273. The molecule has 5 heteroatoms. The van der Waals surface area contributed by atoms with Crippen LogP contribution in [0.2, 0.25) is 19.6 Å². The van der Waals surface area contributed by atoms with E-state index in [0.29, 0.717) is 5.75 Å². The SMILES string of the molecule is C[Si](C)(C)C#Cc1ccc(OB(O)O)cc1. The lowest BCUT2D eigenvalue weighted by molar-refractivity contribution is 0.288. The zero-order valence-electron chi connectivity index (χ0n) is 9.69. The van der Waals surface area contributed by atoms with E-state index >= 15 is 0 Å². The summed E-state index contributed by atoms with van der Waals surface area (Å²) in [6.07, 6.45) is 0. The van der Waals surface area contributed by atoms with Gasteiger partial charge >= 0.3 is 7.32 Å². The van der Waals surface area contributed by atoms with E-state index in [0.717, 1.165) is 5.56 Å². The Labute approximate surface area is 97.3 Å². The molecule has 1 rings (SSSR count). The Morgan fingerprint density at radius 1 is 1.12 bits per heavy atom. The van der Waals surface area contributed by atoms with Gasteiger partial charge in [0.05, 0.1) is 0 Å². The van der Waals surface area contributed by atoms with Crippen LogP contribution in [0.3, 0.4) is 0 Å². The maximum Gasteiger partial charge on any atom is 0.707 e. The molecule has 0 saturated heterocycles. The third kappa shape index (κ3) is 5.03. The van der Waals surface area contributed by atoms with Crippen LogP contribution in [0.25, 0.3) is 0 Å². The molecule has 0 atom stereocenters. The van der Waals surface area contributed by atoms with E-state index in [4.69, 9.17) is 10.0 Å². The molecule has 0 aromatic heterocycles. The highest BCUT2D eigenvalue weighted by Crippen LogP contribution is 2.11. The molecule has 0 fully saturated rings. The Balaban J connectivity index is 2.75. The largest absolute Gasteiger partial charge is 0.707 e. The zero-order chi connectivity index (χ0) is 12.2. The van der Waals surface area contributed by atoms with Gasteiger partial charge in [-0.1, -0.05) is 25.6 Å². The summed E-state index contributed by atoms with van der Waals surface area (Å²) in [5, 5.41) is 17.2. The topological polar surface area (TPSA) is 49.7 Å². The second-order valence-electron chi connectivity index (χ2n) is 4.47. The van der Waals surface area contributed by atoms with Crippen molar-refractivity contribution in [2.24, 2.45) is 0 Å². The number of rotatable bonds is 2. The first-order valence-corrected chi connectivity index (χ1v) is 8.53. The van der Waals surface area contributed by atoms with E-state index in [2.05, 4.69) is 35.8 Å². The van der Waals surface area contributed by atoms with Crippen LogP contribution in [0.5, 0.6) is 5.75 Å². The third-order valence-corrected chi connectivity index (χ3v) is 2.55. The van der Waals surface area contributed by atoms with Crippen molar-refractivity contribution in [1.82, 2.24) is 0 Å². The normalized spacial score (nSPS) is 10.3. The molecule has 0 amide bonds. The highest BCUT2D eigenvalue weighted by atomic mass is 28.3. The fourth-order valence-electron chi connectivity index (χ4n) is 0.998. The molecular weight excluding hydrogens is 219 g/mol. The predicted octanol–water partition coefficient (Wildman–Crippen LogP) is 1.26. The molecule has 2 N–H and O–H groups in total. The van der Waals surface area contributed by atoms with Crippen LogP contribution in [-0.4, -0.2) is 25.4 Å². The molecule has 0 bridgehead atoms. The maximum absolute atomic E-state index is 8.60. The first-order valence-electron chi connectivity index (χ1n) is 5.03. The molecule has 16 heavy (non-hydrogen) atoms. The summed E-state index contributed by atoms with van der Waals surface area (Å²) in [6.45, 7) is 6.54. The van der Waals surface area contributed by atoms with Gasteiger partial charge in [0.25, 0.3) is 0 Å². The quantitative estimate of drug-likeness (QED) is 0.598. The van der Waals surface area contributed by atoms with E-state index < -0.39 is 15.4 Å². The molecule has 0 unspecified atom stereocenters. The predicted molar refractivity (Wildman–Crippen MR) is 67.5 cm³/mol. The second-order valence-corrected chi connectivity index (χ2v) is 9.22. The molecule has 84 valence electrons. The van der Waals surface area contributed by atoms with Crippen LogP contribution in [0.1, 0.15) is 5.56 Å². The Morgan fingerprint density at radius 3 is 2.12 bits per heavy atom. The minimum atomic E-state index is -1.78. The summed E-state index contributed by atoms with van der Waals surface area (Å²) in [4.78, 5) is 0. The van der Waals surface area contributed by atoms with Gasteiger partial charge in [-0.05, 0) is 24.3 Å². The summed E-state index contributed by atoms with van der Waals surface area (Å²) in [6, 6.07) is 6.91. The first-order chi connectivity index (χ1) is 7.37. The van der Waals surface area contributed by atoms with Crippen molar-refractivity contribution < 1.29 is 14.7 Å². The van der Waals surface area contributed by atoms with E-state index in [1.54, 1.807) is 24.3 Å². The number of hydrogen-bond acceptors (Lipinski definition) is 3. The van der Waals surface area contributed by atoms with Gasteiger partial charge in [-0.3, -0.25) is 0 Å². The Hall–Kier alpha value is -1.22. The van der Waals surface area contributed by atoms with Crippen molar-refractivity contribution >= 4 is 15.4 Å². The lowest BCUT2D eigenvalue weighted by Crippen LogP contribution is -2.20. The van der Waals surface area contributed by atoms with Gasteiger partial charge < -0.3 is 14.7 Å². The number of benzene rings is 1. The monoisotopic (exact) mass is 234 g/mol. The van der Waals surface area contributed by atoms with Gasteiger partial charge in [-0.25, -0.2) is 0 Å². The van der Waals surface area contributed by atoms with Crippen LogP contribution in [0.15, 0.2) is 24.3 Å². The molecule has 0 aliphatic rings. The lowest BCUT2D eigenvalue weighted by Gasteiger charge is -2.05. The van der Waals surface area contributed by atoms with Crippen LogP contribution >= 0.6 is 0 Å². The fourth-order valence-corrected chi connectivity index (χ4v) is 1.52. The van der Waals surface area contributed by atoms with Crippen molar-refractivity contribution in [2.45, 2.75) is 19.6 Å². The van der Waals surface area contributed by atoms with Crippen molar-refractivity contribution in [3.05, 3.63) is 29.8 Å². The molecule has 1 aromatic rings. The number of hydrogen-bond donors (Lipinski definition) is 2. The van der Waals surface area contributed by atoms with Crippen molar-refractivity contribution in [2.75, 3.05) is 0 Å². The van der Waals surface area contributed by atoms with Gasteiger partial charge in [0, 0.05) is 5.56 Å². The van der Waals surface area contributed by atoms with Crippen molar-refractivity contribution in [3.8, 4) is 17.2 Å². The van der Waals surface area contributed by atoms with Crippen LogP contribution in [-0.2, 0) is 0 Å². The second kappa shape index (κ2) is 5.21. The average molecular weight is 234 g/mol. The summed E-state index contributed by atoms with van der Waals surface area (Å²) in [5.41, 5.74) is 4.15. The van der Waals surface area contributed by atoms with Crippen LogP contribution < -0.4 is 4.65 Å². The molecule has 3 nitrogen and oxygen atoms in total. The minimum absolute atomic E-state index is 0.411. The molecule has 0 spiro atoms. The molecule has 0 saturated carbocycles. The van der Waals surface area contributed by atoms with Gasteiger partial charge in [-0.2, -0.15) is 0 Å². The van der Waals surface area contributed by atoms with Gasteiger partial charge in [0.1, 0.15) is 13.8 Å². The van der Waals surface area contributed by atoms with Crippen molar-refractivity contribution in [3.63, 3.8) is 0 Å². The van der Waals surface area contributed by atoms with Gasteiger partial charge in [0.15, 0.2) is 0 Å². The average Bonchev–Trinajstić information content (AvgIpc) is 2.14. The molecule has 0 radical (unpaired) electrons. The van der Waals surface area contributed by atoms with Crippen LogP contribution in [0.4, 0.5) is 0 Å². The van der Waals surface area contributed by atoms with E-state index in [-0.39, 0.29) is 0 Å². The van der Waals surface area contributed by atoms with Crippen molar-refractivity contribution in [1.29, 1.82) is 0 Å². The zero-order valence-corrected chi connectivity index (χ0v) is 10.7. The highest BCUT2D eigenvalue weighted by Gasteiger charge is 2.10. The van der Waals surface area contributed by atoms with E-state index in [1.165, 1.54) is 0 Å². The smallest absolute Gasteiger partial charge is 0.512 e. The summed E-state index contributed by atoms with van der Waals surface area (Å²) < 4.78 is 4.69. The van der Waals surface area contributed by atoms with Gasteiger partial charge in [0.2, 0.25) is 0 Å². The van der Waals surface area contributed by atoms with Gasteiger partial charge in [-0.15, -0.1) is 5.54 Å². The maximum atomic E-state index is 8.60. The summed E-state index contributed by atoms with van der Waals surface area (Å²) >= 11 is 0. The molecular formula is C11H15BO3Si. The highest BCUT2D eigenvalue weighted by molar-refractivity contribution is 6.83. The standard InChI is InChI=1S/C11H15BO3Si/c1-16(2,3)9-8-10-4-6-11(7-5-10)15-12(13)14/h4-7,13-14H,1-3H3. The lowest BCUT2D eigenvalue weighted by atomic mass is 10.2. The van der Waals surface area contributed by atoms with E-state index in [1.807, 2.05) is 0 Å². The molecule has 0 heterocycles. The summed E-state index contributed by atoms with van der Waals surface area (Å²) in [5.74, 6) is 3.51. The van der Waals surface area contributed by atoms with E-state index in [9.17, 15) is 0 Å². The summed E-state index contributed by atoms with van der Waals surface area (Å²) in [7, 11) is -3.13. The minimum Gasteiger partial charge on any atom is -0.512 e. The molecule has 0 aliphatic heterocycles. The Bertz CT molecular complexity index is 398. The molecule has 0 aliphatic carbocycles. The van der Waals surface area contributed by atoms with Crippen LogP contribution in [0, 0.1) is 11.5 Å².